The summed E-state index contributed by atoms with van der Waals surface area (Å²) in [6.45, 7) is 8.73. The van der Waals surface area contributed by atoms with Gasteiger partial charge < -0.3 is 20.1 Å². The Hall–Kier alpha value is -4.42. The molecule has 0 aliphatic rings. The average Bonchev–Trinajstić information content (AvgIpc) is 3.06. The number of pyridine rings is 1. The van der Waals surface area contributed by atoms with E-state index in [0.717, 1.165) is 49.0 Å². The number of halogens is 5. The zero-order valence-corrected chi connectivity index (χ0v) is 30.5. The first-order valence-electron chi connectivity index (χ1n) is 16.6. The smallest absolute Gasteiger partial charge is 0.253 e. The van der Waals surface area contributed by atoms with Crippen LogP contribution >= 0.6 is 15.9 Å². The van der Waals surface area contributed by atoms with E-state index in [-0.39, 0.29) is 35.1 Å². The molecule has 51 heavy (non-hydrogen) atoms. The fraction of sp³-hybridized carbons (Fsp3) is 0.333. The standard InChI is InChI=1S/C29H32BrF2N3O3.C10H10F2O/c1-4-8-35(9-5-2)29(38)21-11-18(3)10-20(15-21)28(37)34-26(14-19-12-23(31)16-24(32)13-19)27(36)25-7-6-22(30)17-33-25;1-7(6-13)2-8-3-9(11)5-10(12)4-8/h6-7,10-13,15-17,26-27,36H,4-5,8-9,14H2,1-3H3,(H,34,37);3-7H,2H2,1H3/t26-,27?;7-/m00/s1. The summed E-state index contributed by atoms with van der Waals surface area (Å²) >= 11 is 3.30. The molecule has 3 aromatic carbocycles. The van der Waals surface area contributed by atoms with Crippen LogP contribution in [0, 0.1) is 36.1 Å². The van der Waals surface area contributed by atoms with Gasteiger partial charge in [-0.2, -0.15) is 0 Å². The third-order valence-electron chi connectivity index (χ3n) is 7.70. The Labute approximate surface area is 304 Å². The molecule has 0 radical (unpaired) electrons. The van der Waals surface area contributed by atoms with Crippen LogP contribution in [0.1, 0.15) is 82.8 Å². The first-order valence-corrected chi connectivity index (χ1v) is 17.4. The fourth-order valence-corrected chi connectivity index (χ4v) is 5.70. The summed E-state index contributed by atoms with van der Waals surface area (Å²) in [4.78, 5) is 42.8. The predicted molar refractivity (Wildman–Crippen MR) is 191 cm³/mol. The minimum Gasteiger partial charge on any atom is -0.385 e. The van der Waals surface area contributed by atoms with Crippen LogP contribution in [0.15, 0.2) is 77.4 Å². The maximum absolute atomic E-state index is 13.9. The van der Waals surface area contributed by atoms with Gasteiger partial charge >= 0.3 is 0 Å². The van der Waals surface area contributed by atoms with Crippen LogP contribution < -0.4 is 5.32 Å². The Morgan fingerprint density at radius 1 is 0.843 bits per heavy atom. The highest BCUT2D eigenvalue weighted by atomic mass is 79.9. The Morgan fingerprint density at radius 3 is 1.86 bits per heavy atom. The van der Waals surface area contributed by atoms with Gasteiger partial charge in [0.25, 0.3) is 11.8 Å². The molecule has 4 rings (SSSR count). The van der Waals surface area contributed by atoms with Crippen LogP contribution in [0.3, 0.4) is 0 Å². The van der Waals surface area contributed by atoms with E-state index >= 15 is 0 Å². The number of aromatic nitrogens is 1. The number of carbonyl (C=O) groups is 3. The summed E-state index contributed by atoms with van der Waals surface area (Å²) < 4.78 is 53.8. The van der Waals surface area contributed by atoms with Crippen LogP contribution in [0.4, 0.5) is 17.6 Å². The van der Waals surface area contributed by atoms with Crippen molar-refractivity contribution in [3.63, 3.8) is 0 Å². The van der Waals surface area contributed by atoms with E-state index in [1.807, 2.05) is 13.8 Å². The summed E-state index contributed by atoms with van der Waals surface area (Å²) in [6.07, 6.45) is 2.95. The lowest BCUT2D eigenvalue weighted by atomic mass is 9.97. The number of aryl methyl sites for hydroxylation is 1. The number of carbonyl (C=O) groups excluding carboxylic acids is 3. The van der Waals surface area contributed by atoms with Crippen molar-refractivity contribution in [3.05, 3.63) is 134 Å². The van der Waals surface area contributed by atoms with Crippen molar-refractivity contribution in [2.45, 2.75) is 65.5 Å². The van der Waals surface area contributed by atoms with Gasteiger partial charge in [0.1, 0.15) is 35.7 Å². The lowest BCUT2D eigenvalue weighted by molar-refractivity contribution is -0.110. The molecular weight excluding hydrogens is 730 g/mol. The van der Waals surface area contributed by atoms with Crippen LogP contribution in [0.5, 0.6) is 0 Å². The SMILES string of the molecule is CCCN(CCC)C(=O)c1cc(C)cc(C(=O)N[C@@H](Cc2cc(F)cc(F)c2)C(O)c2ccc(Br)cn2)c1.C[C@H](C=O)Cc1cc(F)cc(F)c1. The van der Waals surface area contributed by atoms with Crippen LogP contribution in [-0.4, -0.2) is 52.2 Å². The highest BCUT2D eigenvalue weighted by Crippen LogP contribution is 2.22. The molecule has 0 fully saturated rings. The topological polar surface area (TPSA) is 99.6 Å². The molecule has 1 heterocycles. The molecule has 7 nitrogen and oxygen atoms in total. The van der Waals surface area contributed by atoms with E-state index in [4.69, 9.17) is 0 Å². The summed E-state index contributed by atoms with van der Waals surface area (Å²) in [6, 6.07) is 13.6. The summed E-state index contributed by atoms with van der Waals surface area (Å²) in [5.41, 5.74) is 2.43. The van der Waals surface area contributed by atoms with Gasteiger partial charge in [-0.15, -0.1) is 0 Å². The Bertz CT molecular complexity index is 1740. The number of aliphatic hydroxyl groups excluding tert-OH is 1. The number of aliphatic hydroxyl groups is 1. The first kappa shape index (κ1) is 41.0. The third kappa shape index (κ3) is 13.0. The first-order chi connectivity index (χ1) is 24.2. The van der Waals surface area contributed by atoms with Gasteiger partial charge in [0, 0.05) is 52.9 Å². The Morgan fingerprint density at radius 2 is 1.37 bits per heavy atom. The lowest BCUT2D eigenvalue weighted by Crippen LogP contribution is -2.41. The van der Waals surface area contributed by atoms with Crippen molar-refractivity contribution in [2.24, 2.45) is 5.92 Å². The largest absolute Gasteiger partial charge is 0.385 e. The molecule has 0 spiro atoms. The molecule has 1 aromatic heterocycles. The van der Waals surface area contributed by atoms with Gasteiger partial charge in [-0.1, -0.05) is 20.8 Å². The van der Waals surface area contributed by atoms with Crippen molar-refractivity contribution in [3.8, 4) is 0 Å². The zero-order chi connectivity index (χ0) is 37.7. The van der Waals surface area contributed by atoms with E-state index in [1.54, 1.807) is 43.0 Å². The van der Waals surface area contributed by atoms with Crippen molar-refractivity contribution >= 4 is 34.0 Å². The van der Waals surface area contributed by atoms with Crippen molar-refractivity contribution in [1.29, 1.82) is 0 Å². The summed E-state index contributed by atoms with van der Waals surface area (Å²) in [5.74, 6) is -3.61. The maximum Gasteiger partial charge on any atom is 0.253 e. The van der Waals surface area contributed by atoms with E-state index in [2.05, 4.69) is 26.2 Å². The van der Waals surface area contributed by atoms with Gasteiger partial charge in [0.15, 0.2) is 0 Å². The lowest BCUT2D eigenvalue weighted by Gasteiger charge is -2.25. The van der Waals surface area contributed by atoms with Gasteiger partial charge in [-0.3, -0.25) is 14.6 Å². The quantitative estimate of drug-likeness (QED) is 0.0998. The number of rotatable bonds is 14. The highest BCUT2D eigenvalue weighted by Gasteiger charge is 2.26. The van der Waals surface area contributed by atoms with E-state index < -0.39 is 41.3 Å². The second-order valence-electron chi connectivity index (χ2n) is 12.4. The maximum atomic E-state index is 13.9. The Balaban J connectivity index is 0.000000453. The van der Waals surface area contributed by atoms with Gasteiger partial charge in [-0.05, 0) is 120 Å². The van der Waals surface area contributed by atoms with Gasteiger partial charge in [0.2, 0.25) is 0 Å². The molecule has 0 saturated heterocycles. The molecule has 1 unspecified atom stereocenters. The minimum atomic E-state index is -1.27. The van der Waals surface area contributed by atoms with E-state index in [1.165, 1.54) is 24.4 Å². The molecule has 0 saturated carbocycles. The number of amides is 2. The molecule has 0 aliphatic carbocycles. The van der Waals surface area contributed by atoms with Crippen molar-refractivity contribution in [2.75, 3.05) is 13.1 Å². The molecule has 2 N–H and O–H groups in total. The number of nitrogens with one attached hydrogen (secondary N) is 1. The second kappa shape index (κ2) is 19.8. The second-order valence-corrected chi connectivity index (χ2v) is 13.3. The van der Waals surface area contributed by atoms with E-state index in [9.17, 15) is 37.1 Å². The number of hydrogen-bond donors (Lipinski definition) is 2. The fourth-order valence-electron chi connectivity index (χ4n) is 5.47. The molecule has 0 bridgehead atoms. The molecule has 12 heteroatoms. The minimum absolute atomic E-state index is 0.0578. The molecule has 0 aliphatic heterocycles. The van der Waals surface area contributed by atoms with Crippen molar-refractivity contribution in [1.82, 2.24) is 15.2 Å². The molecule has 4 aromatic rings. The Kier molecular flexibility index (Phi) is 15.9. The van der Waals surface area contributed by atoms with Crippen LogP contribution in [-0.2, 0) is 17.6 Å². The van der Waals surface area contributed by atoms with Gasteiger partial charge in [-0.25, -0.2) is 17.6 Å². The van der Waals surface area contributed by atoms with Crippen molar-refractivity contribution < 1.29 is 37.1 Å². The normalized spacial score (nSPS) is 12.6. The highest BCUT2D eigenvalue weighted by molar-refractivity contribution is 9.10. The van der Waals surface area contributed by atoms with Crippen LogP contribution in [0.2, 0.25) is 0 Å². The summed E-state index contributed by atoms with van der Waals surface area (Å²) in [5, 5.41) is 13.9. The number of benzene rings is 3. The number of nitrogens with zero attached hydrogens (tertiary/aromatic N) is 2. The zero-order valence-electron chi connectivity index (χ0n) is 28.9. The molecular formula is C39H42BrF4N3O4. The summed E-state index contributed by atoms with van der Waals surface area (Å²) in [7, 11) is 0. The number of hydrogen-bond acceptors (Lipinski definition) is 5. The third-order valence-corrected chi connectivity index (χ3v) is 8.17. The molecule has 2 amide bonds. The average molecular weight is 773 g/mol. The number of aldehydes is 1. The van der Waals surface area contributed by atoms with Crippen LogP contribution in [0.25, 0.3) is 0 Å². The van der Waals surface area contributed by atoms with Gasteiger partial charge in [0.05, 0.1) is 11.7 Å². The molecule has 3 atom stereocenters. The predicted octanol–water partition coefficient (Wildman–Crippen LogP) is 8.11. The molecule has 272 valence electrons. The van der Waals surface area contributed by atoms with E-state index in [0.29, 0.717) is 35.1 Å². The monoisotopic (exact) mass is 771 g/mol.